The summed E-state index contributed by atoms with van der Waals surface area (Å²) in [5, 5.41) is 16.8. The summed E-state index contributed by atoms with van der Waals surface area (Å²) in [6.45, 7) is 1.60. The largest absolute Gasteiger partial charge is 0.481 e. The number of ether oxygens (including phenoxy) is 1. The number of fused-ring (bicyclic) bond motifs is 1. The van der Waals surface area contributed by atoms with Crippen LogP contribution in [0.1, 0.15) is 12.5 Å². The first-order valence-electron chi connectivity index (χ1n) is 8.36. The fourth-order valence-electron chi connectivity index (χ4n) is 2.51. The number of hydrogen-bond acceptors (Lipinski definition) is 5. The quantitative estimate of drug-likeness (QED) is 0.380. The van der Waals surface area contributed by atoms with Crippen molar-refractivity contribution in [2.75, 3.05) is 0 Å². The first kappa shape index (κ1) is 19.3. The molecule has 1 amide bonds. The number of amides is 1. The molecule has 0 saturated carbocycles. The van der Waals surface area contributed by atoms with E-state index in [1.54, 1.807) is 19.1 Å². The average molecular weight is 398 g/mol. The maximum Gasteiger partial charge on any atom is 0.288 e. The molecule has 0 saturated heterocycles. The minimum Gasteiger partial charge on any atom is -0.481 e. The van der Waals surface area contributed by atoms with Gasteiger partial charge in [-0.05, 0) is 35.9 Å². The lowest BCUT2D eigenvalue weighted by molar-refractivity contribution is -0.384. The van der Waals surface area contributed by atoms with Crippen molar-refractivity contribution in [3.63, 3.8) is 0 Å². The Bertz CT molecular complexity index is 1070. The van der Waals surface area contributed by atoms with Gasteiger partial charge in [-0.2, -0.15) is 5.10 Å². The Morgan fingerprint density at radius 1 is 1.18 bits per heavy atom. The number of hydrogen-bond donors (Lipinski definition) is 1. The number of benzene rings is 3. The van der Waals surface area contributed by atoms with Crippen LogP contribution < -0.4 is 10.2 Å². The fourth-order valence-corrected chi connectivity index (χ4v) is 2.70. The van der Waals surface area contributed by atoms with Gasteiger partial charge in [0.2, 0.25) is 0 Å². The molecule has 28 heavy (non-hydrogen) atoms. The van der Waals surface area contributed by atoms with Gasteiger partial charge in [-0.15, -0.1) is 0 Å². The molecule has 0 aromatic heterocycles. The number of nitrogens with one attached hydrogen (secondary N) is 1. The second kappa shape index (κ2) is 8.49. The molecule has 1 N–H and O–H groups in total. The van der Waals surface area contributed by atoms with Crippen LogP contribution in [-0.2, 0) is 4.79 Å². The standard InChI is InChI=1S/C20H16ClN3O4/c1-13(28-17-8-7-15-4-2-3-5-16(15)11-17)20(25)23-22-12-14-6-9-18(21)19(10-14)24(26)27/h2-13H,1H3,(H,23,25). The smallest absolute Gasteiger partial charge is 0.288 e. The van der Waals surface area contributed by atoms with Gasteiger partial charge in [0.25, 0.3) is 11.6 Å². The number of nitro benzene ring substituents is 1. The molecule has 8 heteroatoms. The van der Waals surface area contributed by atoms with E-state index in [0.717, 1.165) is 10.8 Å². The Kier molecular flexibility index (Phi) is 5.86. The minimum atomic E-state index is -0.780. The third-order valence-electron chi connectivity index (χ3n) is 3.96. The summed E-state index contributed by atoms with van der Waals surface area (Å²) >= 11 is 5.76. The van der Waals surface area contributed by atoms with Crippen LogP contribution in [0.3, 0.4) is 0 Å². The van der Waals surface area contributed by atoms with Crippen LogP contribution in [0.25, 0.3) is 10.8 Å². The van der Waals surface area contributed by atoms with E-state index in [0.29, 0.717) is 11.3 Å². The van der Waals surface area contributed by atoms with Gasteiger partial charge in [0.1, 0.15) is 10.8 Å². The Labute approximate surface area is 165 Å². The van der Waals surface area contributed by atoms with Crippen molar-refractivity contribution >= 4 is 40.2 Å². The molecule has 0 aliphatic carbocycles. The van der Waals surface area contributed by atoms with E-state index >= 15 is 0 Å². The Hall–Kier alpha value is -3.45. The molecule has 7 nitrogen and oxygen atoms in total. The third-order valence-corrected chi connectivity index (χ3v) is 4.28. The van der Waals surface area contributed by atoms with Crippen molar-refractivity contribution in [2.24, 2.45) is 5.10 Å². The fraction of sp³-hybridized carbons (Fsp3) is 0.100. The van der Waals surface area contributed by atoms with Crippen LogP contribution in [-0.4, -0.2) is 23.1 Å². The molecule has 3 aromatic rings. The highest BCUT2D eigenvalue weighted by Crippen LogP contribution is 2.24. The molecule has 0 heterocycles. The molecular formula is C20H16ClN3O4. The lowest BCUT2D eigenvalue weighted by atomic mass is 10.1. The van der Waals surface area contributed by atoms with Gasteiger partial charge in [0.05, 0.1) is 11.1 Å². The molecule has 3 aromatic carbocycles. The monoisotopic (exact) mass is 397 g/mol. The zero-order valence-corrected chi connectivity index (χ0v) is 15.6. The van der Waals surface area contributed by atoms with Gasteiger partial charge < -0.3 is 4.74 Å². The first-order valence-corrected chi connectivity index (χ1v) is 8.74. The molecule has 0 spiro atoms. The number of carbonyl (C=O) groups is 1. The molecule has 3 rings (SSSR count). The van der Waals surface area contributed by atoms with Gasteiger partial charge in [0.15, 0.2) is 6.10 Å². The van der Waals surface area contributed by atoms with Crippen LogP contribution in [0.5, 0.6) is 5.75 Å². The van der Waals surface area contributed by atoms with Gasteiger partial charge in [-0.3, -0.25) is 14.9 Å². The van der Waals surface area contributed by atoms with E-state index in [-0.39, 0.29) is 10.7 Å². The number of nitro groups is 1. The summed E-state index contributed by atoms with van der Waals surface area (Å²) in [6, 6.07) is 17.6. The normalized spacial score (nSPS) is 12.1. The van der Waals surface area contributed by atoms with Crippen LogP contribution in [0.15, 0.2) is 65.8 Å². The summed E-state index contributed by atoms with van der Waals surface area (Å²) in [5.41, 5.74) is 2.55. The van der Waals surface area contributed by atoms with Crippen LogP contribution in [0.2, 0.25) is 5.02 Å². The van der Waals surface area contributed by atoms with Crippen molar-refractivity contribution < 1.29 is 14.5 Å². The summed E-state index contributed by atoms with van der Waals surface area (Å²) in [7, 11) is 0. The second-order valence-corrected chi connectivity index (χ2v) is 6.38. The number of carbonyl (C=O) groups excluding carboxylic acids is 1. The van der Waals surface area contributed by atoms with Gasteiger partial charge in [0, 0.05) is 11.6 Å². The summed E-state index contributed by atoms with van der Waals surface area (Å²) in [5.74, 6) is 0.117. The molecule has 142 valence electrons. The van der Waals surface area contributed by atoms with Crippen molar-refractivity contribution in [2.45, 2.75) is 13.0 Å². The number of nitrogens with zero attached hydrogens (tertiary/aromatic N) is 2. The Morgan fingerprint density at radius 3 is 2.68 bits per heavy atom. The van der Waals surface area contributed by atoms with Gasteiger partial charge in [-0.25, -0.2) is 5.43 Å². The second-order valence-electron chi connectivity index (χ2n) is 5.97. The predicted molar refractivity (Wildman–Crippen MR) is 108 cm³/mol. The minimum absolute atomic E-state index is 0.0311. The lowest BCUT2D eigenvalue weighted by Crippen LogP contribution is -2.33. The highest BCUT2D eigenvalue weighted by Gasteiger charge is 2.15. The van der Waals surface area contributed by atoms with Gasteiger partial charge in [-0.1, -0.05) is 48.0 Å². The highest BCUT2D eigenvalue weighted by molar-refractivity contribution is 6.32. The molecule has 0 aliphatic heterocycles. The molecule has 0 fully saturated rings. The first-order chi connectivity index (χ1) is 13.4. The molecule has 0 radical (unpaired) electrons. The number of rotatable bonds is 6. The SMILES string of the molecule is CC(Oc1ccc2ccccc2c1)C(=O)NN=Cc1ccc(Cl)c([N+](=O)[O-])c1. The zero-order valence-electron chi connectivity index (χ0n) is 14.8. The third kappa shape index (κ3) is 4.63. The summed E-state index contributed by atoms with van der Waals surface area (Å²) in [6.07, 6.45) is 0.516. The van der Waals surface area contributed by atoms with Crippen LogP contribution in [0.4, 0.5) is 5.69 Å². The molecular weight excluding hydrogens is 382 g/mol. The van der Waals surface area contributed by atoms with Crippen molar-refractivity contribution in [3.8, 4) is 5.75 Å². The number of hydrazone groups is 1. The average Bonchev–Trinajstić information content (AvgIpc) is 2.68. The highest BCUT2D eigenvalue weighted by atomic mass is 35.5. The van der Waals surface area contributed by atoms with Gasteiger partial charge >= 0.3 is 0 Å². The van der Waals surface area contributed by atoms with Crippen molar-refractivity contribution in [3.05, 3.63) is 81.4 Å². The lowest BCUT2D eigenvalue weighted by Gasteiger charge is -2.13. The number of halogens is 1. The maximum atomic E-state index is 12.2. The molecule has 1 atom stereocenters. The van der Waals surface area contributed by atoms with E-state index in [1.165, 1.54) is 18.3 Å². The van der Waals surface area contributed by atoms with Crippen molar-refractivity contribution in [1.82, 2.24) is 5.43 Å². The molecule has 1 unspecified atom stereocenters. The Morgan fingerprint density at radius 2 is 1.93 bits per heavy atom. The molecule has 0 bridgehead atoms. The zero-order chi connectivity index (χ0) is 20.1. The van der Waals surface area contributed by atoms with E-state index in [4.69, 9.17) is 16.3 Å². The van der Waals surface area contributed by atoms with Crippen LogP contribution in [0, 0.1) is 10.1 Å². The van der Waals surface area contributed by atoms with E-state index < -0.39 is 16.9 Å². The summed E-state index contributed by atoms with van der Waals surface area (Å²) < 4.78 is 5.66. The van der Waals surface area contributed by atoms with E-state index in [2.05, 4.69) is 10.5 Å². The van der Waals surface area contributed by atoms with E-state index in [9.17, 15) is 14.9 Å². The summed E-state index contributed by atoms with van der Waals surface area (Å²) in [4.78, 5) is 22.5. The van der Waals surface area contributed by atoms with Crippen molar-refractivity contribution in [1.29, 1.82) is 0 Å². The predicted octanol–water partition coefficient (Wildman–Crippen LogP) is 4.32. The topological polar surface area (TPSA) is 93.8 Å². The van der Waals surface area contributed by atoms with Crippen LogP contribution >= 0.6 is 11.6 Å². The Balaban J connectivity index is 1.61. The van der Waals surface area contributed by atoms with E-state index in [1.807, 2.05) is 36.4 Å². The molecule has 0 aliphatic rings. The maximum absolute atomic E-state index is 12.2.